The van der Waals surface area contributed by atoms with Crippen LogP contribution in [0.4, 0.5) is 13.2 Å². The van der Waals surface area contributed by atoms with Crippen molar-refractivity contribution >= 4 is 29.9 Å². The zero-order valence-electron chi connectivity index (χ0n) is 9.62. The van der Waals surface area contributed by atoms with Gasteiger partial charge in [-0.1, -0.05) is 5.16 Å². The molecule has 0 saturated carbocycles. The third kappa shape index (κ3) is 7.35. The van der Waals surface area contributed by atoms with Crippen molar-refractivity contribution < 1.29 is 17.7 Å². The Morgan fingerprint density at radius 2 is 2.17 bits per heavy atom. The highest BCUT2D eigenvalue weighted by atomic mass is 127. The monoisotopic (exact) mass is 378 g/mol. The van der Waals surface area contributed by atoms with E-state index in [-0.39, 0.29) is 36.5 Å². The van der Waals surface area contributed by atoms with E-state index in [1.54, 1.807) is 6.07 Å². The van der Waals surface area contributed by atoms with Gasteiger partial charge in [-0.2, -0.15) is 13.2 Å². The number of aliphatic imine (C=N–C) groups is 1. The van der Waals surface area contributed by atoms with Gasteiger partial charge in [-0.3, -0.25) is 4.99 Å². The van der Waals surface area contributed by atoms with Crippen LogP contribution < -0.4 is 10.6 Å². The lowest BCUT2D eigenvalue weighted by atomic mass is 10.4. The molecule has 0 atom stereocenters. The maximum atomic E-state index is 11.9. The van der Waals surface area contributed by atoms with Gasteiger partial charge in [-0.25, -0.2) is 0 Å². The minimum atomic E-state index is -4.17. The van der Waals surface area contributed by atoms with E-state index in [2.05, 4.69) is 25.3 Å². The third-order valence-corrected chi connectivity index (χ3v) is 1.85. The molecule has 0 spiro atoms. The summed E-state index contributed by atoms with van der Waals surface area (Å²) >= 11 is 0. The quantitative estimate of drug-likeness (QED) is 0.478. The molecule has 0 aliphatic heterocycles. The van der Waals surface area contributed by atoms with E-state index in [1.807, 2.05) is 0 Å². The highest BCUT2D eigenvalue weighted by Crippen LogP contribution is 2.17. The van der Waals surface area contributed by atoms with Gasteiger partial charge in [0.05, 0.1) is 13.0 Å². The molecule has 0 aromatic carbocycles. The van der Waals surface area contributed by atoms with Gasteiger partial charge in [0.25, 0.3) is 0 Å². The molecule has 1 rings (SSSR count). The molecule has 0 saturated heterocycles. The first-order chi connectivity index (χ1) is 8.01. The molecule has 0 bridgehead atoms. The Kier molecular flexibility index (Phi) is 7.71. The van der Waals surface area contributed by atoms with Gasteiger partial charge in [0.15, 0.2) is 5.96 Å². The van der Waals surface area contributed by atoms with Crippen LogP contribution in [0.15, 0.2) is 21.8 Å². The lowest BCUT2D eigenvalue weighted by molar-refractivity contribution is -0.132. The average Bonchev–Trinajstić information content (AvgIpc) is 2.74. The second-order valence-electron chi connectivity index (χ2n) is 3.21. The Labute approximate surface area is 119 Å². The summed E-state index contributed by atoms with van der Waals surface area (Å²) < 4.78 is 40.3. The molecule has 18 heavy (non-hydrogen) atoms. The van der Waals surface area contributed by atoms with Crippen molar-refractivity contribution in [2.24, 2.45) is 4.99 Å². The first-order valence-corrected chi connectivity index (χ1v) is 4.92. The van der Waals surface area contributed by atoms with Crippen molar-refractivity contribution in [3.8, 4) is 0 Å². The van der Waals surface area contributed by atoms with Crippen LogP contribution in [0.1, 0.15) is 12.1 Å². The van der Waals surface area contributed by atoms with Crippen LogP contribution in [0.5, 0.6) is 0 Å². The van der Waals surface area contributed by atoms with E-state index in [0.717, 1.165) is 0 Å². The van der Waals surface area contributed by atoms with Gasteiger partial charge in [-0.05, 0) is 0 Å². The molecular formula is C9H14F3IN4O. The lowest BCUT2D eigenvalue weighted by Crippen LogP contribution is -2.38. The summed E-state index contributed by atoms with van der Waals surface area (Å²) in [7, 11) is 1.48. The van der Waals surface area contributed by atoms with E-state index < -0.39 is 12.6 Å². The molecule has 0 fully saturated rings. The number of nitrogens with one attached hydrogen (secondary N) is 2. The van der Waals surface area contributed by atoms with Crippen LogP contribution in [-0.2, 0) is 6.54 Å². The number of halogens is 4. The van der Waals surface area contributed by atoms with Gasteiger partial charge >= 0.3 is 6.18 Å². The first kappa shape index (κ1) is 17.0. The fourth-order valence-electron chi connectivity index (χ4n) is 1.05. The number of hydrogen-bond acceptors (Lipinski definition) is 3. The summed E-state index contributed by atoms with van der Waals surface area (Å²) in [5.74, 6) is 0.289. The topological polar surface area (TPSA) is 62.5 Å². The van der Waals surface area contributed by atoms with E-state index in [1.165, 1.54) is 13.3 Å². The van der Waals surface area contributed by atoms with Crippen molar-refractivity contribution in [2.75, 3.05) is 13.6 Å². The second-order valence-corrected chi connectivity index (χ2v) is 3.21. The molecule has 0 amide bonds. The second kappa shape index (κ2) is 8.16. The molecule has 1 aromatic rings. The van der Waals surface area contributed by atoms with Gasteiger partial charge < -0.3 is 15.2 Å². The molecule has 1 heterocycles. The standard InChI is InChI=1S/C9H13F3N4O.HI/c1-13-8(14-4-3-9(10,11)12)15-6-7-2-5-17-16-7;/h2,5H,3-4,6H2,1H3,(H2,13,14,15);1H. The maximum absolute atomic E-state index is 11.9. The minimum Gasteiger partial charge on any atom is -0.364 e. The highest BCUT2D eigenvalue weighted by molar-refractivity contribution is 14.0. The van der Waals surface area contributed by atoms with Crippen molar-refractivity contribution in [3.05, 3.63) is 18.0 Å². The van der Waals surface area contributed by atoms with E-state index in [4.69, 9.17) is 0 Å². The zero-order chi connectivity index (χ0) is 12.7. The number of guanidine groups is 1. The molecule has 0 radical (unpaired) electrons. The first-order valence-electron chi connectivity index (χ1n) is 4.92. The zero-order valence-corrected chi connectivity index (χ0v) is 12.0. The van der Waals surface area contributed by atoms with Crippen molar-refractivity contribution in [1.82, 2.24) is 15.8 Å². The average molecular weight is 378 g/mol. The summed E-state index contributed by atoms with van der Waals surface area (Å²) in [6, 6.07) is 1.65. The minimum absolute atomic E-state index is 0. The van der Waals surface area contributed by atoms with E-state index in [0.29, 0.717) is 12.2 Å². The smallest absolute Gasteiger partial charge is 0.364 e. The molecule has 0 unspecified atom stereocenters. The van der Waals surface area contributed by atoms with Crippen molar-refractivity contribution in [3.63, 3.8) is 0 Å². The van der Waals surface area contributed by atoms with Crippen LogP contribution >= 0.6 is 24.0 Å². The Bertz CT molecular complexity index is 353. The van der Waals surface area contributed by atoms with Crippen LogP contribution in [0.3, 0.4) is 0 Å². The van der Waals surface area contributed by atoms with Gasteiger partial charge in [0.1, 0.15) is 12.0 Å². The molecule has 104 valence electrons. The van der Waals surface area contributed by atoms with Crippen molar-refractivity contribution in [2.45, 2.75) is 19.1 Å². The molecule has 1 aromatic heterocycles. The largest absolute Gasteiger partial charge is 0.390 e. The lowest BCUT2D eigenvalue weighted by Gasteiger charge is -2.11. The molecular weight excluding hydrogens is 364 g/mol. The Morgan fingerprint density at radius 3 is 2.67 bits per heavy atom. The van der Waals surface area contributed by atoms with Gasteiger partial charge in [0.2, 0.25) is 0 Å². The molecule has 0 aliphatic rings. The number of alkyl halides is 3. The number of rotatable bonds is 4. The fraction of sp³-hybridized carbons (Fsp3) is 0.556. The molecule has 5 nitrogen and oxygen atoms in total. The Morgan fingerprint density at radius 1 is 1.44 bits per heavy atom. The predicted molar refractivity (Wildman–Crippen MR) is 70.8 cm³/mol. The number of nitrogens with zero attached hydrogens (tertiary/aromatic N) is 2. The summed E-state index contributed by atoms with van der Waals surface area (Å²) in [6.07, 6.45) is -3.66. The normalized spacial score (nSPS) is 11.9. The third-order valence-electron chi connectivity index (χ3n) is 1.85. The number of aromatic nitrogens is 1. The van der Waals surface area contributed by atoms with Crippen molar-refractivity contribution in [1.29, 1.82) is 0 Å². The maximum Gasteiger partial charge on any atom is 0.390 e. The van der Waals surface area contributed by atoms with Crippen LogP contribution in [-0.4, -0.2) is 30.9 Å². The van der Waals surface area contributed by atoms with E-state index >= 15 is 0 Å². The van der Waals surface area contributed by atoms with Gasteiger partial charge in [-0.15, -0.1) is 24.0 Å². The fourth-order valence-corrected chi connectivity index (χ4v) is 1.05. The van der Waals surface area contributed by atoms with Crippen LogP contribution in [0.2, 0.25) is 0 Å². The molecule has 0 aliphatic carbocycles. The Hall–Kier alpha value is -1.00. The summed E-state index contributed by atoms with van der Waals surface area (Å²) in [4.78, 5) is 3.78. The van der Waals surface area contributed by atoms with Crippen LogP contribution in [0.25, 0.3) is 0 Å². The SMILES string of the molecule is CN=C(NCCC(F)(F)F)NCc1ccon1.I. The van der Waals surface area contributed by atoms with Gasteiger partial charge in [0, 0.05) is 19.7 Å². The molecule has 2 N–H and O–H groups in total. The van der Waals surface area contributed by atoms with E-state index in [9.17, 15) is 13.2 Å². The highest BCUT2D eigenvalue weighted by Gasteiger charge is 2.26. The summed E-state index contributed by atoms with van der Waals surface area (Å²) in [5.41, 5.74) is 0.642. The number of hydrogen-bond donors (Lipinski definition) is 2. The summed E-state index contributed by atoms with van der Waals surface area (Å²) in [6.45, 7) is 0.115. The predicted octanol–water partition coefficient (Wildman–Crippen LogP) is 1.91. The van der Waals surface area contributed by atoms with Crippen LogP contribution in [0, 0.1) is 0 Å². The molecule has 9 heteroatoms. The Balaban J connectivity index is 0.00000289. The summed E-state index contributed by atoms with van der Waals surface area (Å²) in [5, 5.41) is 9.00.